The number of imidazole rings is 1. The molecular formula is C13H15N3O2S. The molecule has 0 N–H and O–H groups in total. The van der Waals surface area contributed by atoms with Gasteiger partial charge in [0.05, 0.1) is 36.9 Å². The molecule has 0 amide bonds. The summed E-state index contributed by atoms with van der Waals surface area (Å²) in [6.45, 7) is 2.21. The van der Waals surface area contributed by atoms with Crippen molar-refractivity contribution in [2.75, 3.05) is 6.61 Å². The fourth-order valence-electron chi connectivity index (χ4n) is 1.98. The lowest BCUT2D eigenvalue weighted by Gasteiger charge is -2.02. The Balaban J connectivity index is 1.77. The number of hydrogen-bond donors (Lipinski definition) is 0. The van der Waals surface area contributed by atoms with Gasteiger partial charge in [0.1, 0.15) is 5.01 Å². The Morgan fingerprint density at radius 2 is 2.42 bits per heavy atom. The molecule has 0 radical (unpaired) electrons. The van der Waals surface area contributed by atoms with Gasteiger partial charge < -0.3 is 9.30 Å². The third-order valence-corrected chi connectivity index (χ3v) is 3.92. The molecule has 2 heterocycles. The molecule has 3 rings (SSSR count). The maximum absolute atomic E-state index is 11.4. The fraction of sp³-hybridized carbons (Fsp3) is 0.462. The first-order valence-electron chi connectivity index (χ1n) is 6.40. The second kappa shape index (κ2) is 5.13. The lowest BCUT2D eigenvalue weighted by molar-refractivity contribution is -0.142. The zero-order valence-corrected chi connectivity index (χ0v) is 11.5. The van der Waals surface area contributed by atoms with E-state index >= 15 is 0 Å². The highest BCUT2D eigenvalue weighted by Crippen LogP contribution is 2.38. The number of hydrogen-bond acceptors (Lipinski definition) is 5. The maximum Gasteiger partial charge on any atom is 0.311 e. The Bertz CT molecular complexity index is 586. The Hall–Kier alpha value is -1.69. The van der Waals surface area contributed by atoms with Crippen molar-refractivity contribution < 1.29 is 9.53 Å². The fourth-order valence-corrected chi connectivity index (χ4v) is 2.81. The number of ether oxygens (including phenoxy) is 1. The van der Waals surface area contributed by atoms with Crippen LogP contribution < -0.4 is 0 Å². The quantitative estimate of drug-likeness (QED) is 0.788. The van der Waals surface area contributed by atoms with E-state index in [0.717, 1.165) is 16.4 Å². The predicted molar refractivity (Wildman–Crippen MR) is 71.9 cm³/mol. The van der Waals surface area contributed by atoms with Gasteiger partial charge in [0.25, 0.3) is 0 Å². The molecule has 0 saturated heterocycles. The van der Waals surface area contributed by atoms with Gasteiger partial charge in [-0.1, -0.05) is 0 Å². The molecule has 2 aromatic heterocycles. The summed E-state index contributed by atoms with van der Waals surface area (Å²) in [6, 6.07) is 0.579. The number of carbonyl (C=O) groups is 1. The van der Waals surface area contributed by atoms with Crippen LogP contribution in [0.3, 0.4) is 0 Å². The van der Waals surface area contributed by atoms with Gasteiger partial charge in [-0.2, -0.15) is 0 Å². The summed E-state index contributed by atoms with van der Waals surface area (Å²) < 4.78 is 7.10. The van der Waals surface area contributed by atoms with Crippen molar-refractivity contribution in [3.05, 3.63) is 23.6 Å². The molecule has 1 fully saturated rings. The lowest BCUT2D eigenvalue weighted by atomic mass is 10.3. The van der Waals surface area contributed by atoms with Crippen molar-refractivity contribution in [1.29, 1.82) is 0 Å². The Morgan fingerprint density at radius 3 is 3.16 bits per heavy atom. The summed E-state index contributed by atoms with van der Waals surface area (Å²) in [7, 11) is 0. The molecule has 1 saturated carbocycles. The largest absolute Gasteiger partial charge is 0.466 e. The SMILES string of the molecule is CCOC(=O)Cc1csc(-c2cncn2C2CC2)n1. The van der Waals surface area contributed by atoms with Crippen LogP contribution in [0.4, 0.5) is 0 Å². The smallest absolute Gasteiger partial charge is 0.311 e. The van der Waals surface area contributed by atoms with Gasteiger partial charge in [-0.3, -0.25) is 4.79 Å². The number of aromatic nitrogens is 3. The number of nitrogens with zero attached hydrogens (tertiary/aromatic N) is 3. The summed E-state index contributed by atoms with van der Waals surface area (Å²) in [6.07, 6.45) is 6.36. The molecule has 5 nitrogen and oxygen atoms in total. The Kier molecular flexibility index (Phi) is 3.33. The van der Waals surface area contributed by atoms with Crippen molar-refractivity contribution in [3.63, 3.8) is 0 Å². The van der Waals surface area contributed by atoms with Crippen LogP contribution in [0, 0.1) is 0 Å². The third-order valence-electron chi connectivity index (χ3n) is 3.01. The van der Waals surface area contributed by atoms with Gasteiger partial charge >= 0.3 is 5.97 Å². The first-order valence-corrected chi connectivity index (χ1v) is 7.28. The second-order valence-electron chi connectivity index (χ2n) is 4.54. The van der Waals surface area contributed by atoms with Crippen molar-refractivity contribution in [3.8, 4) is 10.7 Å². The minimum atomic E-state index is -0.227. The Labute approximate surface area is 115 Å². The molecule has 0 bridgehead atoms. The summed E-state index contributed by atoms with van der Waals surface area (Å²) >= 11 is 1.55. The van der Waals surface area contributed by atoms with Gasteiger partial charge in [-0.25, -0.2) is 9.97 Å². The van der Waals surface area contributed by atoms with Gasteiger partial charge in [0.15, 0.2) is 0 Å². The summed E-state index contributed by atoms with van der Waals surface area (Å²) in [4.78, 5) is 20.1. The first kappa shape index (κ1) is 12.3. The van der Waals surface area contributed by atoms with Gasteiger partial charge in [-0.05, 0) is 19.8 Å². The highest BCUT2D eigenvalue weighted by molar-refractivity contribution is 7.13. The molecule has 6 heteroatoms. The molecule has 19 heavy (non-hydrogen) atoms. The normalized spacial score (nSPS) is 14.6. The van der Waals surface area contributed by atoms with E-state index in [4.69, 9.17) is 4.74 Å². The molecule has 2 aromatic rings. The minimum Gasteiger partial charge on any atom is -0.466 e. The topological polar surface area (TPSA) is 57.0 Å². The highest BCUT2D eigenvalue weighted by atomic mass is 32.1. The van der Waals surface area contributed by atoms with E-state index in [1.54, 1.807) is 18.3 Å². The molecule has 1 aliphatic rings. The average molecular weight is 277 g/mol. The van der Waals surface area contributed by atoms with Crippen LogP contribution in [0.2, 0.25) is 0 Å². The molecular weight excluding hydrogens is 262 g/mol. The lowest BCUT2D eigenvalue weighted by Crippen LogP contribution is -2.07. The molecule has 0 atom stereocenters. The van der Waals surface area contributed by atoms with Crippen LogP contribution in [0.25, 0.3) is 10.7 Å². The number of carbonyl (C=O) groups excluding carboxylic acids is 1. The van der Waals surface area contributed by atoms with E-state index in [0.29, 0.717) is 12.6 Å². The molecule has 1 aliphatic carbocycles. The molecule has 0 aliphatic heterocycles. The minimum absolute atomic E-state index is 0.227. The first-order chi connectivity index (χ1) is 9.28. The van der Waals surface area contributed by atoms with Crippen LogP contribution in [0.15, 0.2) is 17.9 Å². The van der Waals surface area contributed by atoms with Crippen molar-refractivity contribution in [1.82, 2.24) is 14.5 Å². The summed E-state index contributed by atoms with van der Waals surface area (Å²) in [5.41, 5.74) is 1.81. The number of esters is 1. The van der Waals surface area contributed by atoms with E-state index in [9.17, 15) is 4.79 Å². The number of rotatable bonds is 5. The standard InChI is InChI=1S/C13H15N3O2S/c1-2-18-12(17)5-9-7-19-13(15-9)11-6-14-8-16(11)10-3-4-10/h6-8,10H,2-5H2,1H3. The second-order valence-corrected chi connectivity index (χ2v) is 5.40. The van der Waals surface area contributed by atoms with E-state index < -0.39 is 0 Å². The van der Waals surface area contributed by atoms with Gasteiger partial charge in [0, 0.05) is 11.4 Å². The van der Waals surface area contributed by atoms with Crippen LogP contribution >= 0.6 is 11.3 Å². The summed E-state index contributed by atoms with van der Waals surface area (Å²) in [5.74, 6) is -0.227. The predicted octanol–water partition coefficient (Wildman–Crippen LogP) is 2.45. The van der Waals surface area contributed by atoms with Gasteiger partial charge in [0.2, 0.25) is 0 Å². The van der Waals surface area contributed by atoms with E-state index in [1.807, 2.05) is 17.9 Å². The van der Waals surface area contributed by atoms with Crippen LogP contribution in [0.5, 0.6) is 0 Å². The zero-order valence-electron chi connectivity index (χ0n) is 10.7. The van der Waals surface area contributed by atoms with Crippen molar-refractivity contribution in [2.24, 2.45) is 0 Å². The zero-order chi connectivity index (χ0) is 13.2. The van der Waals surface area contributed by atoms with Crippen LogP contribution in [0.1, 0.15) is 31.5 Å². The van der Waals surface area contributed by atoms with Crippen LogP contribution in [-0.4, -0.2) is 27.1 Å². The van der Waals surface area contributed by atoms with Crippen LogP contribution in [-0.2, 0) is 16.0 Å². The molecule has 0 spiro atoms. The molecule has 0 unspecified atom stereocenters. The van der Waals surface area contributed by atoms with Gasteiger partial charge in [-0.15, -0.1) is 11.3 Å². The number of thiazole rings is 1. The third kappa shape index (κ3) is 2.68. The molecule has 100 valence electrons. The van der Waals surface area contributed by atoms with E-state index in [2.05, 4.69) is 14.5 Å². The average Bonchev–Trinajstić information content (AvgIpc) is 2.94. The van der Waals surface area contributed by atoms with E-state index in [1.165, 1.54) is 12.8 Å². The van der Waals surface area contributed by atoms with Crippen molar-refractivity contribution in [2.45, 2.75) is 32.2 Å². The Morgan fingerprint density at radius 1 is 1.58 bits per heavy atom. The monoisotopic (exact) mass is 277 g/mol. The van der Waals surface area contributed by atoms with Crippen molar-refractivity contribution >= 4 is 17.3 Å². The van der Waals surface area contributed by atoms with E-state index in [-0.39, 0.29) is 12.4 Å². The maximum atomic E-state index is 11.4. The highest BCUT2D eigenvalue weighted by Gasteiger charge is 2.26. The molecule has 0 aromatic carbocycles. The summed E-state index contributed by atoms with van der Waals surface area (Å²) in [5, 5.41) is 2.83.